The number of rotatable bonds is 1. The molecular weight excluding hydrogens is 284 g/mol. The number of piperidine rings is 1. The number of amides is 2. The standard InChI is InChI=1S/C15H22N4O3/c1-14(2)9-16-13(21)15(17-10-14)4-7-19(8-5-15)12(20)11-3-6-18-22-11/h3,6,17H,4-5,7-10H2,1-2H3,(H,16,21). The lowest BCUT2D eigenvalue weighted by Crippen LogP contribution is -2.61. The Morgan fingerprint density at radius 2 is 2.05 bits per heavy atom. The molecule has 2 aliphatic heterocycles. The van der Waals surface area contributed by atoms with E-state index >= 15 is 0 Å². The molecule has 2 N–H and O–H groups in total. The molecule has 2 aliphatic rings. The third kappa shape index (κ3) is 2.72. The zero-order valence-corrected chi connectivity index (χ0v) is 13.0. The molecular formula is C15H22N4O3. The lowest BCUT2D eigenvalue weighted by molar-refractivity contribution is -0.128. The minimum absolute atomic E-state index is 0.0337. The van der Waals surface area contributed by atoms with E-state index in [2.05, 4.69) is 29.6 Å². The Labute approximate surface area is 129 Å². The number of carbonyl (C=O) groups excluding carboxylic acids is 2. The monoisotopic (exact) mass is 306 g/mol. The highest BCUT2D eigenvalue weighted by atomic mass is 16.5. The van der Waals surface area contributed by atoms with Crippen LogP contribution >= 0.6 is 0 Å². The van der Waals surface area contributed by atoms with E-state index in [1.165, 1.54) is 6.20 Å². The van der Waals surface area contributed by atoms with Crippen LogP contribution in [0.25, 0.3) is 0 Å². The van der Waals surface area contributed by atoms with Crippen LogP contribution in [0.3, 0.4) is 0 Å². The number of nitrogens with zero attached hydrogens (tertiary/aromatic N) is 2. The van der Waals surface area contributed by atoms with Gasteiger partial charge in [0.1, 0.15) is 5.54 Å². The molecule has 22 heavy (non-hydrogen) atoms. The smallest absolute Gasteiger partial charge is 0.292 e. The van der Waals surface area contributed by atoms with Crippen LogP contribution in [-0.4, -0.2) is 53.6 Å². The maximum absolute atomic E-state index is 12.5. The average molecular weight is 306 g/mol. The van der Waals surface area contributed by atoms with Crippen LogP contribution in [-0.2, 0) is 4.79 Å². The molecule has 1 aromatic heterocycles. The van der Waals surface area contributed by atoms with Crippen molar-refractivity contribution in [2.24, 2.45) is 5.41 Å². The van der Waals surface area contributed by atoms with Crippen molar-refractivity contribution in [3.8, 4) is 0 Å². The number of likely N-dealkylation sites (tertiary alicyclic amines) is 1. The summed E-state index contributed by atoms with van der Waals surface area (Å²) in [4.78, 5) is 26.5. The fraction of sp³-hybridized carbons (Fsp3) is 0.667. The van der Waals surface area contributed by atoms with E-state index in [1.54, 1.807) is 11.0 Å². The zero-order chi connectivity index (χ0) is 15.8. The fourth-order valence-corrected chi connectivity index (χ4v) is 3.02. The van der Waals surface area contributed by atoms with Crippen LogP contribution in [0, 0.1) is 5.41 Å². The minimum Gasteiger partial charge on any atom is -0.354 e. The Morgan fingerprint density at radius 1 is 1.32 bits per heavy atom. The van der Waals surface area contributed by atoms with Gasteiger partial charge in [-0.2, -0.15) is 0 Å². The summed E-state index contributed by atoms with van der Waals surface area (Å²) in [5.74, 6) is 0.127. The number of nitrogens with one attached hydrogen (secondary N) is 2. The lowest BCUT2D eigenvalue weighted by Gasteiger charge is -2.40. The van der Waals surface area contributed by atoms with Gasteiger partial charge in [-0.1, -0.05) is 19.0 Å². The first-order valence-electron chi connectivity index (χ1n) is 7.65. The molecule has 2 saturated heterocycles. The van der Waals surface area contributed by atoms with E-state index < -0.39 is 5.54 Å². The van der Waals surface area contributed by atoms with Crippen molar-refractivity contribution in [2.45, 2.75) is 32.2 Å². The van der Waals surface area contributed by atoms with Crippen molar-refractivity contribution >= 4 is 11.8 Å². The number of aromatic nitrogens is 1. The van der Waals surface area contributed by atoms with Gasteiger partial charge < -0.3 is 20.1 Å². The Balaban J connectivity index is 1.68. The lowest BCUT2D eigenvalue weighted by atomic mass is 9.86. The van der Waals surface area contributed by atoms with Crippen molar-refractivity contribution in [2.75, 3.05) is 26.2 Å². The Kier molecular flexibility index (Phi) is 3.68. The normalized spacial score (nSPS) is 23.9. The second-order valence-electron chi connectivity index (χ2n) is 6.95. The van der Waals surface area contributed by atoms with E-state index in [0.29, 0.717) is 32.5 Å². The van der Waals surface area contributed by atoms with Gasteiger partial charge in [0, 0.05) is 32.2 Å². The van der Waals surface area contributed by atoms with Gasteiger partial charge in [-0.25, -0.2) is 0 Å². The topological polar surface area (TPSA) is 87.5 Å². The molecule has 2 fully saturated rings. The molecule has 0 aromatic carbocycles. The van der Waals surface area contributed by atoms with Crippen LogP contribution < -0.4 is 10.6 Å². The van der Waals surface area contributed by atoms with Gasteiger partial charge >= 0.3 is 0 Å². The third-order valence-corrected chi connectivity index (χ3v) is 4.62. The molecule has 0 saturated carbocycles. The molecule has 0 bridgehead atoms. The van der Waals surface area contributed by atoms with Crippen molar-refractivity contribution in [3.63, 3.8) is 0 Å². The molecule has 3 heterocycles. The second kappa shape index (κ2) is 5.39. The van der Waals surface area contributed by atoms with Gasteiger partial charge in [0.05, 0.1) is 6.20 Å². The van der Waals surface area contributed by atoms with Crippen LogP contribution in [0.2, 0.25) is 0 Å². The second-order valence-corrected chi connectivity index (χ2v) is 6.95. The van der Waals surface area contributed by atoms with Crippen molar-refractivity contribution in [1.29, 1.82) is 0 Å². The quantitative estimate of drug-likeness (QED) is 0.784. The van der Waals surface area contributed by atoms with Gasteiger partial charge in [0.2, 0.25) is 11.7 Å². The van der Waals surface area contributed by atoms with E-state index in [4.69, 9.17) is 4.52 Å². The fourth-order valence-electron chi connectivity index (χ4n) is 3.02. The molecule has 1 aromatic rings. The molecule has 3 rings (SSSR count). The molecule has 0 unspecified atom stereocenters. The minimum atomic E-state index is -0.564. The zero-order valence-electron chi connectivity index (χ0n) is 13.0. The SMILES string of the molecule is CC1(C)CNC(=O)C2(CCN(C(=O)c3ccno3)CC2)NC1. The largest absolute Gasteiger partial charge is 0.354 e. The molecule has 2 amide bonds. The molecule has 1 spiro atoms. The summed E-state index contributed by atoms with van der Waals surface area (Å²) < 4.78 is 4.92. The van der Waals surface area contributed by atoms with Gasteiger partial charge in [-0.3, -0.25) is 9.59 Å². The van der Waals surface area contributed by atoms with Gasteiger partial charge in [0.15, 0.2) is 0 Å². The Hall–Kier alpha value is -1.89. The van der Waals surface area contributed by atoms with E-state index in [1.807, 2.05) is 0 Å². The average Bonchev–Trinajstić information content (AvgIpc) is 3.02. The van der Waals surface area contributed by atoms with Gasteiger partial charge in [-0.05, 0) is 18.3 Å². The van der Waals surface area contributed by atoms with E-state index in [-0.39, 0.29) is 23.0 Å². The molecule has 7 heteroatoms. The molecule has 0 radical (unpaired) electrons. The maximum Gasteiger partial charge on any atom is 0.292 e. The highest BCUT2D eigenvalue weighted by Gasteiger charge is 2.45. The molecule has 0 atom stereocenters. The number of carbonyl (C=O) groups is 2. The summed E-state index contributed by atoms with van der Waals surface area (Å²) >= 11 is 0. The van der Waals surface area contributed by atoms with E-state index in [9.17, 15) is 9.59 Å². The predicted octanol–water partition coefficient (Wildman–Crippen LogP) is 0.395. The summed E-state index contributed by atoms with van der Waals surface area (Å²) in [6.07, 6.45) is 2.67. The van der Waals surface area contributed by atoms with E-state index in [0.717, 1.165) is 6.54 Å². The van der Waals surface area contributed by atoms with Crippen LogP contribution in [0.1, 0.15) is 37.2 Å². The first-order valence-corrected chi connectivity index (χ1v) is 7.65. The number of hydrogen-bond donors (Lipinski definition) is 2. The first-order chi connectivity index (χ1) is 10.4. The van der Waals surface area contributed by atoms with Crippen molar-refractivity contribution < 1.29 is 14.1 Å². The summed E-state index contributed by atoms with van der Waals surface area (Å²) in [6.45, 7) is 6.76. The molecule has 0 aliphatic carbocycles. The summed E-state index contributed by atoms with van der Waals surface area (Å²) in [7, 11) is 0. The van der Waals surface area contributed by atoms with Crippen LogP contribution in [0.15, 0.2) is 16.8 Å². The molecule has 120 valence electrons. The maximum atomic E-state index is 12.5. The predicted molar refractivity (Wildman–Crippen MR) is 79.2 cm³/mol. The summed E-state index contributed by atoms with van der Waals surface area (Å²) in [5, 5.41) is 10.0. The Bertz CT molecular complexity index is 559. The highest BCUT2D eigenvalue weighted by Crippen LogP contribution is 2.28. The van der Waals surface area contributed by atoms with Crippen LogP contribution in [0.4, 0.5) is 0 Å². The van der Waals surface area contributed by atoms with Crippen molar-refractivity contribution in [1.82, 2.24) is 20.7 Å². The highest BCUT2D eigenvalue weighted by molar-refractivity contribution is 5.92. The van der Waals surface area contributed by atoms with Crippen LogP contribution in [0.5, 0.6) is 0 Å². The third-order valence-electron chi connectivity index (χ3n) is 4.62. The summed E-state index contributed by atoms with van der Waals surface area (Å²) in [5.41, 5.74) is -0.530. The van der Waals surface area contributed by atoms with Crippen molar-refractivity contribution in [3.05, 3.63) is 18.0 Å². The summed E-state index contributed by atoms with van der Waals surface area (Å²) in [6, 6.07) is 1.56. The van der Waals surface area contributed by atoms with Gasteiger partial charge in [-0.15, -0.1) is 0 Å². The molecule has 7 nitrogen and oxygen atoms in total. The van der Waals surface area contributed by atoms with Gasteiger partial charge in [0.25, 0.3) is 5.91 Å². The Morgan fingerprint density at radius 3 is 2.68 bits per heavy atom. The number of hydrogen-bond acceptors (Lipinski definition) is 5. The first kappa shape index (κ1) is 15.0.